The number of aryl methyl sites for hydroxylation is 1. The molecule has 0 saturated heterocycles. The van der Waals surface area contributed by atoms with Crippen LogP contribution in [0.15, 0.2) is 12.1 Å². The Hall–Kier alpha value is -2.22. The number of carboxylic acids is 1. The summed E-state index contributed by atoms with van der Waals surface area (Å²) >= 11 is 0. The highest BCUT2D eigenvalue weighted by Crippen LogP contribution is 2.30. The molecule has 0 radical (unpaired) electrons. The summed E-state index contributed by atoms with van der Waals surface area (Å²) < 4.78 is 10.5. The third-order valence-corrected chi connectivity index (χ3v) is 2.87. The number of carbonyl (C=O) groups is 1. The standard InChI is InChI=1S/C14H17NO4/c1-9-4-13(19-3)11(7-12(9)18-2)5-10(8-15)6-14(16)17/h4,7,10H,5-6H2,1-3H3,(H,16,17). The predicted molar refractivity (Wildman–Crippen MR) is 69.3 cm³/mol. The van der Waals surface area contributed by atoms with E-state index in [0.29, 0.717) is 17.9 Å². The number of hydrogen-bond acceptors (Lipinski definition) is 4. The lowest BCUT2D eigenvalue weighted by Crippen LogP contribution is -2.09. The third-order valence-electron chi connectivity index (χ3n) is 2.87. The number of benzene rings is 1. The first-order chi connectivity index (χ1) is 9.01. The minimum atomic E-state index is -0.982. The molecule has 0 aliphatic carbocycles. The van der Waals surface area contributed by atoms with Crippen LogP contribution in [0, 0.1) is 24.2 Å². The van der Waals surface area contributed by atoms with Gasteiger partial charge < -0.3 is 14.6 Å². The van der Waals surface area contributed by atoms with Crippen molar-refractivity contribution in [1.82, 2.24) is 0 Å². The SMILES string of the molecule is COc1cc(CC(C#N)CC(=O)O)c(OC)cc1C. The molecule has 5 nitrogen and oxygen atoms in total. The van der Waals surface area contributed by atoms with Crippen LogP contribution < -0.4 is 9.47 Å². The summed E-state index contributed by atoms with van der Waals surface area (Å²) in [7, 11) is 3.11. The summed E-state index contributed by atoms with van der Waals surface area (Å²) in [5, 5.41) is 17.8. The number of ether oxygens (including phenoxy) is 2. The summed E-state index contributed by atoms with van der Waals surface area (Å²) in [5.41, 5.74) is 1.70. The van der Waals surface area contributed by atoms with E-state index in [1.807, 2.05) is 19.1 Å². The molecule has 102 valence electrons. The van der Waals surface area contributed by atoms with Crippen molar-refractivity contribution in [3.63, 3.8) is 0 Å². The highest BCUT2D eigenvalue weighted by atomic mass is 16.5. The molecule has 1 aromatic carbocycles. The highest BCUT2D eigenvalue weighted by Gasteiger charge is 2.17. The van der Waals surface area contributed by atoms with Gasteiger partial charge in [0.2, 0.25) is 0 Å². The summed E-state index contributed by atoms with van der Waals surface area (Å²) in [6, 6.07) is 5.62. The van der Waals surface area contributed by atoms with Gasteiger partial charge in [-0.25, -0.2) is 0 Å². The summed E-state index contributed by atoms with van der Waals surface area (Å²) in [4.78, 5) is 10.7. The maximum atomic E-state index is 10.7. The van der Waals surface area contributed by atoms with E-state index in [-0.39, 0.29) is 6.42 Å². The second-order valence-electron chi connectivity index (χ2n) is 4.26. The minimum absolute atomic E-state index is 0.185. The van der Waals surface area contributed by atoms with Gasteiger partial charge in [-0.1, -0.05) is 0 Å². The molecule has 1 atom stereocenters. The highest BCUT2D eigenvalue weighted by molar-refractivity contribution is 5.67. The largest absolute Gasteiger partial charge is 0.496 e. The Balaban J connectivity index is 3.04. The van der Waals surface area contributed by atoms with Gasteiger partial charge in [-0.05, 0) is 36.6 Å². The maximum absolute atomic E-state index is 10.7. The average molecular weight is 263 g/mol. The molecular formula is C14H17NO4. The van der Waals surface area contributed by atoms with Gasteiger partial charge in [-0.2, -0.15) is 5.26 Å². The second kappa shape index (κ2) is 6.64. The van der Waals surface area contributed by atoms with Gasteiger partial charge in [0.05, 0.1) is 32.6 Å². The molecule has 1 rings (SSSR count). The molecule has 0 bridgehead atoms. The normalized spacial score (nSPS) is 11.5. The van der Waals surface area contributed by atoms with E-state index in [0.717, 1.165) is 11.1 Å². The number of nitriles is 1. The van der Waals surface area contributed by atoms with Crippen molar-refractivity contribution in [3.05, 3.63) is 23.3 Å². The van der Waals surface area contributed by atoms with Crippen molar-refractivity contribution in [2.75, 3.05) is 14.2 Å². The molecular weight excluding hydrogens is 246 g/mol. The van der Waals surface area contributed by atoms with Gasteiger partial charge in [0, 0.05) is 0 Å². The second-order valence-corrected chi connectivity index (χ2v) is 4.26. The van der Waals surface area contributed by atoms with Gasteiger partial charge in [-0.3, -0.25) is 4.79 Å². The number of carboxylic acid groups (broad SMARTS) is 1. The van der Waals surface area contributed by atoms with Gasteiger partial charge >= 0.3 is 5.97 Å². The topological polar surface area (TPSA) is 79.5 Å². The van der Waals surface area contributed by atoms with Crippen molar-refractivity contribution in [3.8, 4) is 17.6 Å². The smallest absolute Gasteiger partial charge is 0.304 e. The summed E-state index contributed by atoms with van der Waals surface area (Å²) in [6.45, 7) is 1.89. The molecule has 0 aromatic heterocycles. The lowest BCUT2D eigenvalue weighted by Gasteiger charge is -2.14. The third kappa shape index (κ3) is 3.88. The number of aliphatic carboxylic acids is 1. The minimum Gasteiger partial charge on any atom is -0.496 e. The quantitative estimate of drug-likeness (QED) is 0.850. The Morgan fingerprint density at radius 2 is 2.00 bits per heavy atom. The molecule has 0 aliphatic rings. The fourth-order valence-electron chi connectivity index (χ4n) is 1.91. The Bertz CT molecular complexity index is 505. The zero-order valence-electron chi connectivity index (χ0n) is 11.3. The van der Waals surface area contributed by atoms with Crippen LogP contribution >= 0.6 is 0 Å². The fourth-order valence-corrected chi connectivity index (χ4v) is 1.91. The molecule has 0 spiro atoms. The molecule has 1 unspecified atom stereocenters. The molecule has 0 heterocycles. The first-order valence-electron chi connectivity index (χ1n) is 5.84. The van der Waals surface area contributed by atoms with Gasteiger partial charge in [0.15, 0.2) is 0 Å². The Morgan fingerprint density at radius 1 is 1.37 bits per heavy atom. The molecule has 1 aromatic rings. The van der Waals surface area contributed by atoms with E-state index < -0.39 is 11.9 Å². The number of hydrogen-bond donors (Lipinski definition) is 1. The van der Waals surface area contributed by atoms with Crippen LogP contribution in [0.3, 0.4) is 0 Å². The van der Waals surface area contributed by atoms with Crippen LogP contribution in [0.25, 0.3) is 0 Å². The van der Waals surface area contributed by atoms with Crippen LogP contribution in [0.4, 0.5) is 0 Å². The molecule has 0 amide bonds. The fraction of sp³-hybridized carbons (Fsp3) is 0.429. The van der Waals surface area contributed by atoms with E-state index in [1.54, 1.807) is 20.3 Å². The summed E-state index contributed by atoms with van der Waals surface area (Å²) in [6.07, 6.45) is 0.137. The average Bonchev–Trinajstić information content (AvgIpc) is 2.38. The molecule has 19 heavy (non-hydrogen) atoms. The molecule has 0 fully saturated rings. The van der Waals surface area contributed by atoms with Crippen molar-refractivity contribution in [2.45, 2.75) is 19.8 Å². The van der Waals surface area contributed by atoms with Crippen LogP contribution in [-0.2, 0) is 11.2 Å². The monoisotopic (exact) mass is 263 g/mol. The van der Waals surface area contributed by atoms with E-state index >= 15 is 0 Å². The Labute approximate surface area is 112 Å². The maximum Gasteiger partial charge on any atom is 0.304 e. The van der Waals surface area contributed by atoms with Crippen LogP contribution in [0.5, 0.6) is 11.5 Å². The van der Waals surface area contributed by atoms with Gasteiger partial charge in [0.25, 0.3) is 0 Å². The molecule has 0 aliphatic heterocycles. The number of rotatable bonds is 6. The zero-order valence-corrected chi connectivity index (χ0v) is 11.3. The van der Waals surface area contributed by atoms with Gasteiger partial charge in [-0.15, -0.1) is 0 Å². The zero-order chi connectivity index (χ0) is 14.4. The van der Waals surface area contributed by atoms with Crippen molar-refractivity contribution < 1.29 is 19.4 Å². The molecule has 0 saturated carbocycles. The summed E-state index contributed by atoms with van der Waals surface area (Å²) in [5.74, 6) is -0.227. The van der Waals surface area contributed by atoms with Crippen molar-refractivity contribution in [1.29, 1.82) is 5.26 Å². The lowest BCUT2D eigenvalue weighted by molar-refractivity contribution is -0.137. The van der Waals surface area contributed by atoms with E-state index in [1.165, 1.54) is 0 Å². The first-order valence-corrected chi connectivity index (χ1v) is 5.84. The van der Waals surface area contributed by atoms with E-state index in [2.05, 4.69) is 0 Å². The van der Waals surface area contributed by atoms with E-state index in [4.69, 9.17) is 19.8 Å². The van der Waals surface area contributed by atoms with Crippen LogP contribution in [0.2, 0.25) is 0 Å². The van der Waals surface area contributed by atoms with Gasteiger partial charge in [0.1, 0.15) is 11.5 Å². The van der Waals surface area contributed by atoms with Crippen LogP contribution in [-0.4, -0.2) is 25.3 Å². The number of methoxy groups -OCH3 is 2. The van der Waals surface area contributed by atoms with E-state index in [9.17, 15) is 4.79 Å². The lowest BCUT2D eigenvalue weighted by atomic mass is 9.96. The first kappa shape index (κ1) is 14.8. The van der Waals surface area contributed by atoms with Crippen LogP contribution in [0.1, 0.15) is 17.5 Å². The number of nitrogens with zero attached hydrogens (tertiary/aromatic N) is 1. The Morgan fingerprint density at radius 3 is 2.47 bits per heavy atom. The van der Waals surface area contributed by atoms with Crippen molar-refractivity contribution >= 4 is 5.97 Å². The van der Waals surface area contributed by atoms with Crippen molar-refractivity contribution in [2.24, 2.45) is 5.92 Å². The predicted octanol–water partition coefficient (Wildman–Crippen LogP) is 2.17. The molecule has 5 heteroatoms. The Kier molecular flexibility index (Phi) is 5.19. The molecule has 1 N–H and O–H groups in total.